The molecule has 0 rings (SSSR count). The van der Waals surface area contributed by atoms with Gasteiger partial charge in [-0.2, -0.15) is 0 Å². The zero-order valence-electron chi connectivity index (χ0n) is 6.32. The first-order valence-corrected chi connectivity index (χ1v) is 5.79. The first-order chi connectivity index (χ1) is 5.20. The van der Waals surface area contributed by atoms with Crippen LogP contribution < -0.4 is 0 Å². The maximum atomic E-state index is 10.8. The van der Waals surface area contributed by atoms with Crippen LogP contribution in [0.15, 0.2) is 0 Å². The van der Waals surface area contributed by atoms with Gasteiger partial charge in [-0.1, -0.05) is 10.8 Å². The molecule has 0 spiro atoms. The van der Waals surface area contributed by atoms with Crippen molar-refractivity contribution in [3.05, 3.63) is 0 Å². The first kappa shape index (κ1) is 11.3. The summed E-state index contributed by atoms with van der Waals surface area (Å²) in [5, 5.41) is 17.3. The van der Waals surface area contributed by atoms with Crippen molar-refractivity contribution >= 4 is 26.7 Å². The molecule has 3 nitrogen and oxygen atoms in total. The minimum Gasteiger partial charge on any atom is -0.394 e. The SMILES string of the molecule is CSSC(=O)CCC(O)CO. The molecule has 0 fully saturated rings. The van der Waals surface area contributed by atoms with E-state index in [1.165, 1.54) is 21.6 Å². The molecule has 0 bridgehead atoms. The van der Waals surface area contributed by atoms with Crippen LogP contribution >= 0.6 is 21.6 Å². The predicted octanol–water partition coefficient (Wildman–Crippen LogP) is 0.658. The Balaban J connectivity index is 3.30. The zero-order valence-corrected chi connectivity index (χ0v) is 7.95. The van der Waals surface area contributed by atoms with Crippen molar-refractivity contribution in [2.45, 2.75) is 18.9 Å². The van der Waals surface area contributed by atoms with E-state index in [0.29, 0.717) is 12.8 Å². The molecule has 11 heavy (non-hydrogen) atoms. The van der Waals surface area contributed by atoms with Crippen molar-refractivity contribution in [1.29, 1.82) is 0 Å². The number of aliphatic hydroxyl groups is 2. The Morgan fingerprint density at radius 2 is 2.27 bits per heavy atom. The van der Waals surface area contributed by atoms with Crippen LogP contribution in [0.3, 0.4) is 0 Å². The van der Waals surface area contributed by atoms with E-state index in [4.69, 9.17) is 10.2 Å². The minimum atomic E-state index is -0.749. The monoisotopic (exact) mass is 196 g/mol. The molecule has 1 atom stereocenters. The molecular formula is C6H12O3S2. The number of rotatable bonds is 5. The van der Waals surface area contributed by atoms with E-state index in [1.54, 1.807) is 0 Å². The molecule has 0 heterocycles. The molecule has 5 heteroatoms. The van der Waals surface area contributed by atoms with Crippen LogP contribution in [0.25, 0.3) is 0 Å². The second-order valence-corrected chi connectivity index (χ2v) is 4.45. The summed E-state index contributed by atoms with van der Waals surface area (Å²) in [6, 6.07) is 0. The third-order valence-electron chi connectivity index (χ3n) is 1.07. The van der Waals surface area contributed by atoms with Crippen molar-refractivity contribution in [3.8, 4) is 0 Å². The Hall–Kier alpha value is 0.290. The predicted molar refractivity (Wildman–Crippen MR) is 48.4 cm³/mol. The Labute approximate surface area is 74.0 Å². The Morgan fingerprint density at radius 1 is 1.64 bits per heavy atom. The summed E-state index contributed by atoms with van der Waals surface area (Å²) < 4.78 is 0. The van der Waals surface area contributed by atoms with Crippen molar-refractivity contribution in [2.24, 2.45) is 0 Å². The van der Waals surface area contributed by atoms with Crippen molar-refractivity contribution in [1.82, 2.24) is 0 Å². The highest BCUT2D eigenvalue weighted by molar-refractivity contribution is 8.82. The fourth-order valence-corrected chi connectivity index (χ4v) is 1.71. The number of carbonyl (C=O) groups excluding carboxylic acids is 1. The molecule has 1 unspecified atom stereocenters. The summed E-state index contributed by atoms with van der Waals surface area (Å²) >= 11 is 0. The molecule has 0 saturated heterocycles. The second kappa shape index (κ2) is 6.97. The van der Waals surface area contributed by atoms with E-state index in [9.17, 15) is 4.79 Å². The summed E-state index contributed by atoms with van der Waals surface area (Å²) in [6.07, 6.45) is 1.75. The molecule has 0 aliphatic carbocycles. The summed E-state index contributed by atoms with van der Waals surface area (Å²) in [7, 11) is 2.56. The van der Waals surface area contributed by atoms with Gasteiger partial charge in [0, 0.05) is 6.42 Å². The van der Waals surface area contributed by atoms with E-state index in [2.05, 4.69) is 0 Å². The van der Waals surface area contributed by atoms with E-state index in [1.807, 2.05) is 6.26 Å². The van der Waals surface area contributed by atoms with Gasteiger partial charge in [0.25, 0.3) is 0 Å². The lowest BCUT2D eigenvalue weighted by Gasteiger charge is -2.03. The molecular weight excluding hydrogens is 184 g/mol. The van der Waals surface area contributed by atoms with Gasteiger partial charge in [-0.05, 0) is 23.5 Å². The zero-order chi connectivity index (χ0) is 8.69. The van der Waals surface area contributed by atoms with E-state index < -0.39 is 6.10 Å². The molecule has 0 aliphatic heterocycles. The third-order valence-corrected chi connectivity index (χ3v) is 2.68. The topological polar surface area (TPSA) is 57.5 Å². The highest BCUT2D eigenvalue weighted by Gasteiger charge is 2.06. The van der Waals surface area contributed by atoms with E-state index in [-0.39, 0.29) is 11.7 Å². The summed E-state index contributed by atoms with van der Waals surface area (Å²) in [4.78, 5) is 10.8. The fourth-order valence-electron chi connectivity index (χ4n) is 0.510. The minimum absolute atomic E-state index is 0.0463. The first-order valence-electron chi connectivity index (χ1n) is 3.23. The van der Waals surface area contributed by atoms with Crippen molar-refractivity contribution in [3.63, 3.8) is 0 Å². The second-order valence-electron chi connectivity index (χ2n) is 2.00. The molecule has 0 aliphatic rings. The van der Waals surface area contributed by atoms with E-state index in [0.717, 1.165) is 0 Å². The maximum absolute atomic E-state index is 10.8. The van der Waals surface area contributed by atoms with Crippen molar-refractivity contribution < 1.29 is 15.0 Å². The number of hydrogen-bond acceptors (Lipinski definition) is 5. The van der Waals surface area contributed by atoms with Crippen LogP contribution in [0.5, 0.6) is 0 Å². The average molecular weight is 196 g/mol. The molecule has 0 aromatic carbocycles. The van der Waals surface area contributed by atoms with Crippen LogP contribution in [0.4, 0.5) is 0 Å². The van der Waals surface area contributed by atoms with Crippen LogP contribution in [0.2, 0.25) is 0 Å². The van der Waals surface area contributed by atoms with Gasteiger partial charge < -0.3 is 10.2 Å². The number of hydrogen-bond donors (Lipinski definition) is 2. The summed E-state index contributed by atoms with van der Waals surface area (Å²) in [6.45, 7) is -0.267. The average Bonchev–Trinajstić information content (AvgIpc) is 2.01. The summed E-state index contributed by atoms with van der Waals surface area (Å²) in [5.41, 5.74) is 0. The van der Waals surface area contributed by atoms with Crippen LogP contribution in [-0.2, 0) is 4.79 Å². The Bertz CT molecular complexity index is 118. The molecule has 0 saturated carbocycles. The van der Waals surface area contributed by atoms with Gasteiger partial charge in [-0.15, -0.1) is 0 Å². The fraction of sp³-hybridized carbons (Fsp3) is 0.833. The third kappa shape index (κ3) is 6.68. The van der Waals surface area contributed by atoms with Crippen LogP contribution in [0, 0.1) is 0 Å². The number of carbonyl (C=O) groups is 1. The molecule has 2 N–H and O–H groups in total. The molecule has 0 aromatic rings. The van der Waals surface area contributed by atoms with Gasteiger partial charge in [0.05, 0.1) is 12.7 Å². The van der Waals surface area contributed by atoms with Crippen LogP contribution in [-0.4, -0.2) is 34.3 Å². The number of aliphatic hydroxyl groups excluding tert-OH is 2. The molecule has 0 radical (unpaired) electrons. The van der Waals surface area contributed by atoms with Crippen molar-refractivity contribution in [2.75, 3.05) is 12.9 Å². The van der Waals surface area contributed by atoms with Gasteiger partial charge in [-0.3, -0.25) is 4.79 Å². The Morgan fingerprint density at radius 3 is 2.73 bits per heavy atom. The smallest absolute Gasteiger partial charge is 0.199 e. The van der Waals surface area contributed by atoms with Gasteiger partial charge >= 0.3 is 0 Å². The van der Waals surface area contributed by atoms with E-state index >= 15 is 0 Å². The summed E-state index contributed by atoms with van der Waals surface area (Å²) in [5.74, 6) is 0. The standard InChI is InChI=1S/C6H12O3S2/c1-10-11-6(9)3-2-5(8)4-7/h5,7-8H,2-4H2,1H3. The van der Waals surface area contributed by atoms with Crippen LogP contribution in [0.1, 0.15) is 12.8 Å². The normalized spacial score (nSPS) is 13.0. The highest BCUT2D eigenvalue weighted by Crippen LogP contribution is 2.20. The molecule has 0 amide bonds. The molecule has 0 aromatic heterocycles. The van der Waals surface area contributed by atoms with Gasteiger partial charge in [0.1, 0.15) is 0 Å². The highest BCUT2D eigenvalue weighted by atomic mass is 33.1. The quantitative estimate of drug-likeness (QED) is 0.633. The Kier molecular flexibility index (Phi) is 7.15. The lowest BCUT2D eigenvalue weighted by Crippen LogP contribution is -2.12. The van der Waals surface area contributed by atoms with Gasteiger partial charge in [0.2, 0.25) is 0 Å². The molecule has 66 valence electrons. The largest absolute Gasteiger partial charge is 0.394 e. The van der Waals surface area contributed by atoms with Gasteiger partial charge in [-0.25, -0.2) is 0 Å². The lowest BCUT2D eigenvalue weighted by molar-refractivity contribution is -0.111. The van der Waals surface area contributed by atoms with Gasteiger partial charge in [0.15, 0.2) is 5.12 Å². The lowest BCUT2D eigenvalue weighted by atomic mass is 10.2. The maximum Gasteiger partial charge on any atom is 0.199 e.